The van der Waals surface area contributed by atoms with Gasteiger partial charge in [-0.25, -0.2) is 0 Å². The molecular weight excluding hydrogens is 210 g/mol. The highest BCUT2D eigenvalue weighted by atomic mass is 16.5. The average Bonchev–Trinajstić information content (AvgIpc) is 2.28. The van der Waals surface area contributed by atoms with Crippen molar-refractivity contribution in [3.63, 3.8) is 0 Å². The number of rotatable bonds is 3. The van der Waals surface area contributed by atoms with E-state index in [9.17, 15) is 0 Å². The average molecular weight is 233 g/mol. The summed E-state index contributed by atoms with van der Waals surface area (Å²) in [5.41, 5.74) is 2.70. The molecule has 0 amide bonds. The van der Waals surface area contributed by atoms with Gasteiger partial charge in [0.15, 0.2) is 0 Å². The van der Waals surface area contributed by atoms with E-state index in [-0.39, 0.29) is 5.60 Å². The largest absolute Gasteiger partial charge is 0.382 e. The van der Waals surface area contributed by atoms with Gasteiger partial charge in [0.05, 0.1) is 5.60 Å². The maximum Gasteiger partial charge on any atom is 0.0646 e. The first-order valence-corrected chi connectivity index (χ1v) is 6.59. The monoisotopic (exact) mass is 233 g/mol. The Kier molecular flexibility index (Phi) is 3.72. The predicted molar refractivity (Wildman–Crippen MR) is 72.5 cm³/mol. The Bertz CT molecular complexity index is 373. The van der Waals surface area contributed by atoms with E-state index in [0.29, 0.717) is 6.04 Å². The highest BCUT2D eigenvalue weighted by Crippen LogP contribution is 2.27. The molecule has 0 bridgehead atoms. The highest BCUT2D eigenvalue weighted by Gasteiger charge is 2.28. The topological polar surface area (TPSA) is 21.3 Å². The molecule has 2 heteroatoms. The molecule has 0 aromatic heterocycles. The molecule has 2 nitrogen and oxygen atoms in total. The SMILES string of the molecule is CCc1ccccc1NC1CCOC(C)(C)C1. The molecule has 1 aromatic rings. The van der Waals surface area contributed by atoms with Crippen molar-refractivity contribution in [2.45, 2.75) is 51.7 Å². The second kappa shape index (κ2) is 5.09. The van der Waals surface area contributed by atoms with Gasteiger partial charge in [-0.2, -0.15) is 0 Å². The molecule has 1 atom stereocenters. The van der Waals surface area contributed by atoms with E-state index >= 15 is 0 Å². The molecule has 1 unspecified atom stereocenters. The van der Waals surface area contributed by atoms with Crippen molar-refractivity contribution in [1.82, 2.24) is 0 Å². The summed E-state index contributed by atoms with van der Waals surface area (Å²) in [7, 11) is 0. The minimum atomic E-state index is 0.0110. The first kappa shape index (κ1) is 12.4. The van der Waals surface area contributed by atoms with Gasteiger partial charge in [-0.1, -0.05) is 25.1 Å². The van der Waals surface area contributed by atoms with Gasteiger partial charge in [-0.15, -0.1) is 0 Å². The predicted octanol–water partition coefficient (Wildman–Crippen LogP) is 3.62. The Morgan fingerprint density at radius 3 is 2.82 bits per heavy atom. The van der Waals surface area contributed by atoms with Crippen molar-refractivity contribution in [3.05, 3.63) is 29.8 Å². The van der Waals surface area contributed by atoms with Crippen molar-refractivity contribution in [2.24, 2.45) is 0 Å². The van der Waals surface area contributed by atoms with Crippen molar-refractivity contribution < 1.29 is 4.74 Å². The number of nitrogens with one attached hydrogen (secondary N) is 1. The number of aryl methyl sites for hydroxylation is 1. The first-order chi connectivity index (χ1) is 8.11. The summed E-state index contributed by atoms with van der Waals surface area (Å²) in [5, 5.41) is 3.68. The van der Waals surface area contributed by atoms with E-state index in [4.69, 9.17) is 4.74 Å². The lowest BCUT2D eigenvalue weighted by Gasteiger charge is -2.36. The van der Waals surface area contributed by atoms with Crippen LogP contribution in [-0.2, 0) is 11.2 Å². The summed E-state index contributed by atoms with van der Waals surface area (Å²) in [4.78, 5) is 0. The highest BCUT2D eigenvalue weighted by molar-refractivity contribution is 5.51. The molecule has 0 radical (unpaired) electrons. The first-order valence-electron chi connectivity index (χ1n) is 6.59. The van der Waals surface area contributed by atoms with Gasteiger partial charge in [0.25, 0.3) is 0 Å². The zero-order valence-corrected chi connectivity index (χ0v) is 11.1. The van der Waals surface area contributed by atoms with Crippen LogP contribution in [0.2, 0.25) is 0 Å². The maximum absolute atomic E-state index is 5.75. The molecule has 1 fully saturated rings. The summed E-state index contributed by atoms with van der Waals surface area (Å²) in [6, 6.07) is 9.13. The third-order valence-corrected chi connectivity index (χ3v) is 3.45. The Hall–Kier alpha value is -1.02. The van der Waals surface area contributed by atoms with E-state index < -0.39 is 0 Å². The molecule has 1 heterocycles. The van der Waals surface area contributed by atoms with Crippen LogP contribution in [0.25, 0.3) is 0 Å². The van der Waals surface area contributed by atoms with Crippen molar-refractivity contribution in [2.75, 3.05) is 11.9 Å². The minimum Gasteiger partial charge on any atom is -0.382 e. The summed E-state index contributed by atoms with van der Waals surface area (Å²) in [6.45, 7) is 7.41. The second-order valence-corrected chi connectivity index (χ2v) is 5.45. The van der Waals surface area contributed by atoms with E-state index in [1.54, 1.807) is 0 Å². The number of hydrogen-bond acceptors (Lipinski definition) is 2. The Morgan fingerprint density at radius 1 is 1.35 bits per heavy atom. The van der Waals surface area contributed by atoms with Gasteiger partial charge in [0, 0.05) is 18.3 Å². The summed E-state index contributed by atoms with van der Waals surface area (Å²) >= 11 is 0. The van der Waals surface area contributed by atoms with Crippen LogP contribution < -0.4 is 5.32 Å². The fourth-order valence-corrected chi connectivity index (χ4v) is 2.54. The lowest BCUT2D eigenvalue weighted by atomic mass is 9.93. The van der Waals surface area contributed by atoms with Crippen LogP contribution in [0.5, 0.6) is 0 Å². The van der Waals surface area contributed by atoms with E-state index in [1.807, 2.05) is 0 Å². The van der Waals surface area contributed by atoms with E-state index in [2.05, 4.69) is 50.4 Å². The normalized spacial score (nSPS) is 23.4. The molecule has 17 heavy (non-hydrogen) atoms. The molecule has 0 spiro atoms. The van der Waals surface area contributed by atoms with Gasteiger partial charge in [-0.3, -0.25) is 0 Å². The van der Waals surface area contributed by atoms with Gasteiger partial charge in [0.2, 0.25) is 0 Å². The molecule has 1 aliphatic heterocycles. The molecular formula is C15H23NO. The molecule has 0 aliphatic carbocycles. The van der Waals surface area contributed by atoms with E-state index in [1.165, 1.54) is 11.3 Å². The van der Waals surface area contributed by atoms with Crippen LogP contribution in [0.15, 0.2) is 24.3 Å². The fourth-order valence-electron chi connectivity index (χ4n) is 2.54. The standard InChI is InChI=1S/C15H23NO/c1-4-12-7-5-6-8-14(12)16-13-9-10-17-15(2,3)11-13/h5-8,13,16H,4,9-11H2,1-3H3. The van der Waals surface area contributed by atoms with Gasteiger partial charge < -0.3 is 10.1 Å². The Balaban J connectivity index is 2.05. The van der Waals surface area contributed by atoms with Crippen LogP contribution in [0, 0.1) is 0 Å². The minimum absolute atomic E-state index is 0.0110. The molecule has 1 saturated heterocycles. The molecule has 2 rings (SSSR count). The third-order valence-electron chi connectivity index (χ3n) is 3.45. The molecule has 1 N–H and O–H groups in total. The van der Waals surface area contributed by atoms with Crippen molar-refractivity contribution in [3.8, 4) is 0 Å². The van der Waals surface area contributed by atoms with Gasteiger partial charge in [-0.05, 0) is 44.7 Å². The second-order valence-electron chi connectivity index (χ2n) is 5.45. The molecule has 1 aromatic carbocycles. The number of benzene rings is 1. The van der Waals surface area contributed by atoms with Crippen LogP contribution >= 0.6 is 0 Å². The number of ether oxygens (including phenoxy) is 1. The molecule has 1 aliphatic rings. The number of hydrogen-bond donors (Lipinski definition) is 1. The number of para-hydroxylation sites is 1. The van der Waals surface area contributed by atoms with Gasteiger partial charge >= 0.3 is 0 Å². The Labute approximate surface area is 104 Å². The lowest BCUT2D eigenvalue weighted by molar-refractivity contribution is -0.0553. The quantitative estimate of drug-likeness (QED) is 0.861. The zero-order valence-electron chi connectivity index (χ0n) is 11.1. The van der Waals surface area contributed by atoms with Crippen molar-refractivity contribution >= 4 is 5.69 Å². The summed E-state index contributed by atoms with van der Waals surface area (Å²) in [5.74, 6) is 0. The molecule has 94 valence electrons. The Morgan fingerprint density at radius 2 is 2.12 bits per heavy atom. The van der Waals surface area contributed by atoms with Crippen LogP contribution in [0.4, 0.5) is 5.69 Å². The van der Waals surface area contributed by atoms with E-state index in [0.717, 1.165) is 25.9 Å². The maximum atomic E-state index is 5.75. The van der Waals surface area contributed by atoms with Crippen molar-refractivity contribution in [1.29, 1.82) is 0 Å². The van der Waals surface area contributed by atoms with Crippen LogP contribution in [0.3, 0.4) is 0 Å². The third kappa shape index (κ3) is 3.22. The van der Waals surface area contributed by atoms with Crippen LogP contribution in [0.1, 0.15) is 39.2 Å². The fraction of sp³-hybridized carbons (Fsp3) is 0.600. The van der Waals surface area contributed by atoms with Gasteiger partial charge in [0.1, 0.15) is 0 Å². The lowest BCUT2D eigenvalue weighted by Crippen LogP contribution is -2.40. The van der Waals surface area contributed by atoms with Crippen LogP contribution in [-0.4, -0.2) is 18.2 Å². The molecule has 0 saturated carbocycles. The smallest absolute Gasteiger partial charge is 0.0646 e. The number of anilines is 1. The summed E-state index contributed by atoms with van der Waals surface area (Å²) in [6.07, 6.45) is 3.25. The summed E-state index contributed by atoms with van der Waals surface area (Å²) < 4.78 is 5.75. The zero-order chi connectivity index (χ0) is 12.3.